The Morgan fingerprint density at radius 3 is 2.27 bits per heavy atom. The number of nitrogens with two attached hydrogens (primary N) is 2. The summed E-state index contributed by atoms with van der Waals surface area (Å²) in [4.78, 5) is 47.9. The molecule has 1 aliphatic heterocycles. The second-order valence-electron chi connectivity index (χ2n) is 11.6. The minimum absolute atomic E-state index is 0. The van der Waals surface area contributed by atoms with E-state index in [0.717, 1.165) is 50.0 Å². The number of amides is 3. The van der Waals surface area contributed by atoms with Crippen LogP contribution in [0.15, 0.2) is 35.3 Å². The maximum Gasteiger partial charge on any atom is 0.354 e. The number of hydrogen-bond acceptors (Lipinski definition) is 7. The molecule has 4 rings (SSSR count). The zero-order valence-corrected chi connectivity index (χ0v) is 25.5. The first-order valence-electron chi connectivity index (χ1n) is 14.3. The highest BCUT2D eigenvalue weighted by molar-refractivity contribution is 5.89. The summed E-state index contributed by atoms with van der Waals surface area (Å²) in [6.45, 7) is 11.0. The Morgan fingerprint density at radius 2 is 1.71 bits per heavy atom. The number of benzene rings is 1. The number of rotatable bonds is 7. The van der Waals surface area contributed by atoms with E-state index in [0.29, 0.717) is 38.3 Å². The van der Waals surface area contributed by atoms with E-state index in [9.17, 15) is 14.4 Å². The van der Waals surface area contributed by atoms with Crippen molar-refractivity contribution < 1.29 is 9.59 Å². The SMILES string of the molecule is CCN(Cc1ccc(-n2ccc(NC(=O)N3CCN(C(=O)C(C)(C)N)CC3)nc2=O)cc1C)C1CCC(N)CC1.Cl. The fourth-order valence-corrected chi connectivity index (χ4v) is 5.57. The molecule has 2 aliphatic rings. The van der Waals surface area contributed by atoms with Crippen molar-refractivity contribution >= 4 is 30.2 Å². The molecule has 1 aromatic carbocycles. The van der Waals surface area contributed by atoms with Crippen LogP contribution in [0.25, 0.3) is 5.69 Å². The average molecular weight is 589 g/mol. The van der Waals surface area contributed by atoms with E-state index in [2.05, 4.69) is 35.1 Å². The summed E-state index contributed by atoms with van der Waals surface area (Å²) < 4.78 is 1.48. The van der Waals surface area contributed by atoms with Crippen LogP contribution in [-0.4, -0.2) is 86.5 Å². The largest absolute Gasteiger partial charge is 0.354 e. The van der Waals surface area contributed by atoms with Crippen LogP contribution >= 0.6 is 12.4 Å². The zero-order valence-electron chi connectivity index (χ0n) is 24.6. The number of urea groups is 1. The molecule has 12 heteroatoms. The van der Waals surface area contributed by atoms with E-state index < -0.39 is 11.2 Å². The number of carbonyl (C=O) groups is 2. The Balaban J connectivity index is 0.00000462. The molecule has 1 saturated heterocycles. The third-order valence-electron chi connectivity index (χ3n) is 8.09. The summed E-state index contributed by atoms with van der Waals surface area (Å²) >= 11 is 0. The summed E-state index contributed by atoms with van der Waals surface area (Å²) in [7, 11) is 0. The highest BCUT2D eigenvalue weighted by Gasteiger charge is 2.31. The molecule has 1 aliphatic carbocycles. The summed E-state index contributed by atoms with van der Waals surface area (Å²) in [5.41, 5.74) is 13.7. The van der Waals surface area contributed by atoms with Crippen molar-refractivity contribution in [3.05, 3.63) is 52.1 Å². The maximum absolute atomic E-state index is 12.9. The second-order valence-corrected chi connectivity index (χ2v) is 11.6. The van der Waals surface area contributed by atoms with Crippen molar-refractivity contribution in [3.8, 4) is 5.69 Å². The van der Waals surface area contributed by atoms with Gasteiger partial charge in [-0.2, -0.15) is 4.98 Å². The third kappa shape index (κ3) is 8.06. The molecule has 41 heavy (non-hydrogen) atoms. The molecular formula is C29H45ClN8O3. The van der Waals surface area contributed by atoms with Gasteiger partial charge in [0.15, 0.2) is 0 Å². The quantitative estimate of drug-likeness (QED) is 0.451. The number of anilines is 1. The lowest BCUT2D eigenvalue weighted by molar-refractivity contribution is -0.137. The Morgan fingerprint density at radius 1 is 1.07 bits per heavy atom. The topological polar surface area (TPSA) is 143 Å². The molecule has 226 valence electrons. The van der Waals surface area contributed by atoms with Crippen molar-refractivity contribution in [1.82, 2.24) is 24.3 Å². The van der Waals surface area contributed by atoms with E-state index in [4.69, 9.17) is 11.5 Å². The monoisotopic (exact) mass is 588 g/mol. The van der Waals surface area contributed by atoms with Crippen LogP contribution in [0.5, 0.6) is 0 Å². The summed E-state index contributed by atoms with van der Waals surface area (Å²) in [5.74, 6) is 0.0465. The molecule has 2 heterocycles. The van der Waals surface area contributed by atoms with Gasteiger partial charge in [-0.05, 0) is 82.3 Å². The lowest BCUT2D eigenvalue weighted by Crippen LogP contribution is -2.58. The van der Waals surface area contributed by atoms with Crippen LogP contribution in [0.2, 0.25) is 0 Å². The van der Waals surface area contributed by atoms with Gasteiger partial charge >= 0.3 is 11.7 Å². The van der Waals surface area contributed by atoms with Crippen molar-refractivity contribution in [2.45, 2.75) is 77.5 Å². The van der Waals surface area contributed by atoms with Gasteiger partial charge < -0.3 is 21.3 Å². The normalized spacial score (nSPS) is 19.6. The smallest absolute Gasteiger partial charge is 0.338 e. The summed E-state index contributed by atoms with van der Waals surface area (Å²) in [5, 5.41) is 2.71. The van der Waals surface area contributed by atoms with Gasteiger partial charge in [-0.15, -0.1) is 12.4 Å². The summed E-state index contributed by atoms with van der Waals surface area (Å²) in [6.07, 6.45) is 6.06. The molecule has 1 saturated carbocycles. The van der Waals surface area contributed by atoms with Crippen LogP contribution in [0.3, 0.4) is 0 Å². The summed E-state index contributed by atoms with van der Waals surface area (Å²) in [6, 6.07) is 8.18. The fraction of sp³-hybridized carbons (Fsp3) is 0.586. The lowest BCUT2D eigenvalue weighted by Gasteiger charge is -2.37. The number of piperazine rings is 1. The first-order valence-corrected chi connectivity index (χ1v) is 14.3. The Labute approximate surface area is 248 Å². The van der Waals surface area contributed by atoms with Gasteiger partial charge in [0.2, 0.25) is 5.91 Å². The number of nitrogens with zero attached hydrogens (tertiary/aromatic N) is 5. The number of halogens is 1. The Kier molecular flexibility index (Phi) is 10.9. The molecule has 0 radical (unpaired) electrons. The lowest BCUT2D eigenvalue weighted by atomic mass is 9.90. The van der Waals surface area contributed by atoms with E-state index >= 15 is 0 Å². The minimum atomic E-state index is -0.947. The molecule has 2 aromatic rings. The van der Waals surface area contributed by atoms with Crippen LogP contribution in [-0.2, 0) is 11.3 Å². The van der Waals surface area contributed by atoms with Crippen molar-refractivity contribution in [2.24, 2.45) is 11.5 Å². The molecule has 0 bridgehead atoms. The van der Waals surface area contributed by atoms with Crippen LogP contribution in [0, 0.1) is 6.92 Å². The van der Waals surface area contributed by atoms with Gasteiger partial charge in [-0.3, -0.25) is 19.6 Å². The Hall–Kier alpha value is -2.99. The first-order chi connectivity index (χ1) is 19.0. The van der Waals surface area contributed by atoms with E-state index in [-0.39, 0.29) is 30.2 Å². The van der Waals surface area contributed by atoms with Crippen LogP contribution in [0.4, 0.5) is 10.6 Å². The molecule has 0 spiro atoms. The molecule has 5 N–H and O–H groups in total. The van der Waals surface area contributed by atoms with Crippen molar-refractivity contribution in [3.63, 3.8) is 0 Å². The van der Waals surface area contributed by atoms with Gasteiger partial charge in [0.1, 0.15) is 5.82 Å². The number of nitrogens with one attached hydrogen (secondary N) is 1. The van der Waals surface area contributed by atoms with Gasteiger partial charge in [-0.1, -0.05) is 13.0 Å². The second kappa shape index (κ2) is 13.8. The van der Waals surface area contributed by atoms with E-state index in [1.165, 1.54) is 10.1 Å². The molecule has 1 aromatic heterocycles. The first kappa shape index (κ1) is 32.5. The number of carbonyl (C=O) groups excluding carboxylic acids is 2. The molecular weight excluding hydrogens is 544 g/mol. The van der Waals surface area contributed by atoms with Gasteiger partial charge in [0.25, 0.3) is 0 Å². The number of aryl methyl sites for hydroxylation is 1. The van der Waals surface area contributed by atoms with Crippen LogP contribution in [0.1, 0.15) is 57.6 Å². The highest BCUT2D eigenvalue weighted by Crippen LogP contribution is 2.25. The minimum Gasteiger partial charge on any atom is -0.338 e. The van der Waals surface area contributed by atoms with Crippen LogP contribution < -0.4 is 22.5 Å². The highest BCUT2D eigenvalue weighted by atomic mass is 35.5. The zero-order chi connectivity index (χ0) is 29.0. The van der Waals surface area contributed by atoms with Gasteiger partial charge in [0.05, 0.1) is 11.2 Å². The standard InChI is InChI=1S/C29H44N8O3.ClH/c1-5-34(23-10-7-22(30)8-11-23)19-21-6-9-24(18-20(21)2)37-13-12-25(33-28(37)40)32-27(39)36-16-14-35(15-17-36)26(38)29(3,4)31;/h6,9,12-13,18,22-23H,5,7-8,10-11,14-17,19,30-31H2,1-4H3,(H,32,33,39,40);1H. The molecule has 11 nitrogen and oxygen atoms in total. The predicted molar refractivity (Wildman–Crippen MR) is 164 cm³/mol. The van der Waals surface area contributed by atoms with Gasteiger partial charge in [-0.25, -0.2) is 9.59 Å². The predicted octanol–water partition coefficient (Wildman–Crippen LogP) is 2.47. The number of hydrogen-bond donors (Lipinski definition) is 3. The van der Waals surface area contributed by atoms with Crippen molar-refractivity contribution in [2.75, 3.05) is 38.0 Å². The Bertz CT molecular complexity index is 1260. The molecule has 2 fully saturated rings. The molecule has 0 unspecified atom stereocenters. The fourth-order valence-electron chi connectivity index (χ4n) is 5.57. The maximum atomic E-state index is 12.9. The average Bonchev–Trinajstić information content (AvgIpc) is 2.92. The molecule has 3 amide bonds. The van der Waals surface area contributed by atoms with Crippen molar-refractivity contribution in [1.29, 1.82) is 0 Å². The van der Waals surface area contributed by atoms with Gasteiger partial charge in [0, 0.05) is 51.0 Å². The number of aromatic nitrogens is 2. The van der Waals surface area contributed by atoms with E-state index in [1.54, 1.807) is 35.9 Å². The molecule has 0 atom stereocenters. The third-order valence-corrected chi connectivity index (χ3v) is 8.09. The van der Waals surface area contributed by atoms with E-state index in [1.807, 2.05) is 12.1 Å².